The number of phenols is 1. The van der Waals surface area contributed by atoms with Crippen LogP contribution in [0.5, 0.6) is 5.75 Å². The van der Waals surface area contributed by atoms with Crippen molar-refractivity contribution in [3.8, 4) is 5.75 Å². The predicted octanol–water partition coefficient (Wildman–Crippen LogP) is 3.07. The lowest BCUT2D eigenvalue weighted by Gasteiger charge is -2.61. The van der Waals surface area contributed by atoms with Crippen molar-refractivity contribution in [2.75, 3.05) is 26.7 Å². The van der Waals surface area contributed by atoms with E-state index in [9.17, 15) is 14.7 Å². The highest BCUT2D eigenvalue weighted by molar-refractivity contribution is 5.83. The maximum atomic E-state index is 12.9. The van der Waals surface area contributed by atoms with Crippen LogP contribution in [0.4, 0.5) is 4.79 Å². The van der Waals surface area contributed by atoms with Gasteiger partial charge in [0.15, 0.2) is 0 Å². The number of hydrogen-bond donors (Lipinski definition) is 2. The number of aromatic hydroxyl groups is 1. The van der Waals surface area contributed by atoms with E-state index in [1.807, 2.05) is 30.9 Å². The number of piperidine rings is 1. The standard InChI is InChI=1S/C24H33N3O4/c1-4-16(2)20(22(29)31-3)25-23(30)26-13-11-24(12-14-26)15-27(18-7-8-18)21(24)17-5-9-19(28)10-6-17/h5-10,16,18,20-21,28H,4,11-15H2,1-3H3,(H,25,30)/t16-,20-,21?/m0/s1. The van der Waals surface area contributed by atoms with Gasteiger partial charge in [0, 0.05) is 37.1 Å². The predicted molar refractivity (Wildman–Crippen MR) is 118 cm³/mol. The van der Waals surface area contributed by atoms with Gasteiger partial charge in [-0.1, -0.05) is 44.6 Å². The molecule has 3 atom stereocenters. The van der Waals surface area contributed by atoms with E-state index in [0.717, 1.165) is 25.8 Å². The molecule has 1 spiro atoms. The van der Waals surface area contributed by atoms with E-state index in [-0.39, 0.29) is 23.1 Å². The first kappa shape index (κ1) is 21.7. The molecule has 2 saturated heterocycles. The summed E-state index contributed by atoms with van der Waals surface area (Å²) in [6.07, 6.45) is 7.04. The van der Waals surface area contributed by atoms with E-state index >= 15 is 0 Å². The van der Waals surface area contributed by atoms with Crippen molar-refractivity contribution in [2.24, 2.45) is 11.3 Å². The van der Waals surface area contributed by atoms with Gasteiger partial charge in [-0.25, -0.2) is 9.59 Å². The fourth-order valence-corrected chi connectivity index (χ4v) is 5.14. The highest BCUT2D eigenvalue weighted by Crippen LogP contribution is 2.57. The van der Waals surface area contributed by atoms with E-state index in [2.05, 4.69) is 22.4 Å². The number of nitrogens with one attached hydrogen (secondary N) is 1. The van der Waals surface area contributed by atoms with Crippen molar-refractivity contribution in [2.45, 2.75) is 51.2 Å². The van der Waals surface area contributed by atoms with Gasteiger partial charge in [0.05, 0.1) is 7.11 Å². The zero-order valence-corrected chi connectivity index (χ0v) is 18.6. The third-order valence-electron chi connectivity index (χ3n) is 7.36. The summed E-state index contributed by atoms with van der Waals surface area (Å²) in [5, 5.41) is 12.6. The van der Waals surface area contributed by atoms with Crippen molar-refractivity contribution in [3.63, 3.8) is 0 Å². The maximum absolute atomic E-state index is 12.9. The van der Waals surface area contributed by atoms with Crippen LogP contribution in [0, 0.1) is 11.3 Å². The third kappa shape index (κ3) is 4.15. The van der Waals surface area contributed by atoms with Crippen LogP contribution in [-0.2, 0) is 9.53 Å². The molecule has 1 aromatic rings. The van der Waals surface area contributed by atoms with Crippen molar-refractivity contribution in [1.29, 1.82) is 0 Å². The molecule has 168 valence electrons. The molecule has 2 fully saturated rings. The molecular formula is C24H33N3O4. The van der Waals surface area contributed by atoms with E-state index in [0.29, 0.717) is 25.2 Å². The van der Waals surface area contributed by atoms with E-state index < -0.39 is 12.0 Å². The number of nitrogens with zero attached hydrogens (tertiary/aromatic N) is 2. The number of amides is 2. The molecule has 4 rings (SSSR count). The van der Waals surface area contributed by atoms with Gasteiger partial charge < -0.3 is 20.1 Å². The van der Waals surface area contributed by atoms with E-state index in [1.165, 1.54) is 12.7 Å². The van der Waals surface area contributed by atoms with E-state index in [1.54, 1.807) is 12.1 Å². The Labute approximate surface area is 184 Å². The van der Waals surface area contributed by atoms with Crippen LogP contribution < -0.4 is 5.32 Å². The average molecular weight is 428 g/mol. The number of methoxy groups -OCH3 is 1. The Morgan fingerprint density at radius 2 is 1.87 bits per heavy atom. The van der Waals surface area contributed by atoms with Gasteiger partial charge in [0.25, 0.3) is 0 Å². The highest BCUT2D eigenvalue weighted by atomic mass is 16.5. The molecule has 31 heavy (non-hydrogen) atoms. The Balaban J connectivity index is 1.41. The van der Waals surface area contributed by atoms with Gasteiger partial charge in [-0.15, -0.1) is 0 Å². The molecule has 1 aromatic carbocycles. The molecule has 0 bridgehead atoms. The largest absolute Gasteiger partial charge is 0.508 e. The summed E-state index contributed by atoms with van der Waals surface area (Å²) in [7, 11) is 1.36. The molecule has 2 heterocycles. The van der Waals surface area contributed by atoms with Crippen LogP contribution in [0.3, 0.4) is 0 Å². The summed E-state index contributed by atoms with van der Waals surface area (Å²) < 4.78 is 4.89. The first-order valence-corrected chi connectivity index (χ1v) is 11.2. The fraction of sp³-hybridized carbons (Fsp3) is 0.583. The molecule has 2 aliphatic heterocycles. The molecule has 2 N–H and O–H groups in total. The van der Waals surface area contributed by atoms with E-state index in [4.69, 9.17) is 4.74 Å². The second-order valence-electron chi connectivity index (χ2n) is 9.23. The first-order valence-electron chi connectivity index (χ1n) is 11.2. The molecular weight excluding hydrogens is 394 g/mol. The summed E-state index contributed by atoms with van der Waals surface area (Å²) in [5.74, 6) is -0.103. The molecule has 0 saturated carbocycles. The van der Waals surface area contributed by atoms with Gasteiger partial charge in [-0.2, -0.15) is 0 Å². The lowest BCUT2D eigenvalue weighted by atomic mass is 9.63. The van der Waals surface area contributed by atoms with Gasteiger partial charge in [-0.05, 0) is 36.5 Å². The summed E-state index contributed by atoms with van der Waals surface area (Å²) in [6, 6.07) is 7.46. The lowest BCUT2D eigenvalue weighted by molar-refractivity contribution is -0.144. The molecule has 0 aromatic heterocycles. The maximum Gasteiger partial charge on any atom is 0.328 e. The van der Waals surface area contributed by atoms with Crippen LogP contribution in [0.1, 0.15) is 44.7 Å². The number of carbonyl (C=O) groups is 2. The molecule has 7 nitrogen and oxygen atoms in total. The van der Waals surface area contributed by atoms with Crippen LogP contribution in [0.15, 0.2) is 36.4 Å². The Morgan fingerprint density at radius 1 is 1.23 bits per heavy atom. The van der Waals surface area contributed by atoms with Crippen molar-refractivity contribution in [3.05, 3.63) is 42.0 Å². The highest BCUT2D eigenvalue weighted by Gasteiger charge is 2.56. The number of likely N-dealkylation sites (tertiary alicyclic amines) is 2. The minimum absolute atomic E-state index is 0.0117. The Hall–Kier alpha value is -2.54. The third-order valence-corrected chi connectivity index (χ3v) is 7.36. The minimum Gasteiger partial charge on any atom is -0.508 e. The zero-order chi connectivity index (χ0) is 22.2. The van der Waals surface area contributed by atoms with Gasteiger partial charge in [-0.3, -0.25) is 4.90 Å². The summed E-state index contributed by atoms with van der Waals surface area (Å²) in [5.41, 5.74) is 1.36. The Kier molecular flexibility index (Phi) is 5.97. The number of rotatable bonds is 6. The van der Waals surface area contributed by atoms with Crippen LogP contribution in [0.25, 0.3) is 0 Å². The number of phenolic OH excluding ortho intramolecular Hbond substituents is 1. The number of carbonyl (C=O) groups excluding carboxylic acids is 2. The molecule has 1 aliphatic carbocycles. The van der Waals surface area contributed by atoms with Crippen molar-refractivity contribution in [1.82, 2.24) is 15.1 Å². The summed E-state index contributed by atoms with van der Waals surface area (Å²) in [4.78, 5) is 29.4. The van der Waals surface area contributed by atoms with Gasteiger partial charge >= 0.3 is 12.0 Å². The van der Waals surface area contributed by atoms with Crippen LogP contribution >= 0.6 is 0 Å². The molecule has 2 amide bonds. The molecule has 1 unspecified atom stereocenters. The summed E-state index contributed by atoms with van der Waals surface area (Å²) in [6.45, 7) is 6.30. The van der Waals surface area contributed by atoms with Crippen LogP contribution in [-0.4, -0.2) is 65.7 Å². The minimum atomic E-state index is -0.622. The van der Waals surface area contributed by atoms with Gasteiger partial charge in [0.2, 0.25) is 0 Å². The number of urea groups is 1. The number of hydrogen-bond acceptors (Lipinski definition) is 5. The zero-order valence-electron chi connectivity index (χ0n) is 18.6. The molecule has 0 radical (unpaired) electrons. The number of benzene rings is 1. The normalized spacial score (nSPS) is 24.4. The topological polar surface area (TPSA) is 82.1 Å². The number of esters is 1. The smallest absolute Gasteiger partial charge is 0.328 e. The van der Waals surface area contributed by atoms with Gasteiger partial charge in [0.1, 0.15) is 11.8 Å². The lowest BCUT2D eigenvalue weighted by Crippen LogP contribution is -2.64. The second-order valence-corrected chi connectivity index (χ2v) is 9.23. The van der Waals surface area contributed by atoms with Crippen molar-refractivity contribution < 1.29 is 19.4 Å². The number of ether oxygens (including phenoxy) is 1. The molecule has 3 aliphatic rings. The quantitative estimate of drug-likeness (QED) is 0.539. The second kappa shape index (κ2) is 8.54. The first-order chi connectivity index (χ1) is 14.9. The Morgan fingerprint density at radius 3 is 2.42 bits per heavy atom. The monoisotopic (exact) mass is 427 g/mol. The molecule has 7 heteroatoms. The average Bonchev–Trinajstić information content (AvgIpc) is 3.61. The SMILES string of the molecule is CC[C@H](C)[C@H](NC(=O)N1CCC2(CC1)CN(C1C=C1)C2c1ccc(O)cc1)C(=O)OC. The summed E-state index contributed by atoms with van der Waals surface area (Å²) >= 11 is 0. The Bertz CT molecular complexity index is 839. The van der Waals surface area contributed by atoms with Crippen molar-refractivity contribution >= 4 is 12.0 Å². The van der Waals surface area contributed by atoms with Crippen LogP contribution in [0.2, 0.25) is 0 Å². The fourth-order valence-electron chi connectivity index (χ4n) is 5.14.